The second-order valence-corrected chi connectivity index (χ2v) is 7.37. The number of likely N-dealkylation sites (tertiary alicyclic amines) is 1. The van der Waals surface area contributed by atoms with Crippen LogP contribution in [0, 0.1) is 6.92 Å². The molecule has 25 heavy (non-hydrogen) atoms. The lowest BCUT2D eigenvalue weighted by molar-refractivity contribution is 0.118. The highest BCUT2D eigenvalue weighted by Gasteiger charge is 2.30. The topological polar surface area (TPSA) is 65.3 Å². The van der Waals surface area contributed by atoms with E-state index in [-0.39, 0.29) is 17.4 Å². The Morgan fingerprint density at radius 3 is 2.80 bits per heavy atom. The van der Waals surface area contributed by atoms with Crippen LogP contribution in [0.2, 0.25) is 5.28 Å². The van der Waals surface area contributed by atoms with Crippen molar-refractivity contribution in [2.75, 3.05) is 26.8 Å². The summed E-state index contributed by atoms with van der Waals surface area (Å²) in [6, 6.07) is 0.623. The van der Waals surface area contributed by atoms with Gasteiger partial charge >= 0.3 is 0 Å². The Hall–Kier alpha value is -1.44. The largest absolute Gasteiger partial charge is 0.471 e. The van der Waals surface area contributed by atoms with Gasteiger partial charge in [0, 0.05) is 12.6 Å². The Morgan fingerprint density at radius 2 is 2.12 bits per heavy atom. The maximum Gasteiger partial charge on any atom is 0.247 e. The number of aromatic nitrogens is 4. The van der Waals surface area contributed by atoms with Crippen molar-refractivity contribution in [1.29, 1.82) is 0 Å². The van der Waals surface area contributed by atoms with Crippen molar-refractivity contribution >= 4 is 22.8 Å². The van der Waals surface area contributed by atoms with Crippen LogP contribution in [0.5, 0.6) is 5.88 Å². The van der Waals surface area contributed by atoms with Gasteiger partial charge in [-0.05, 0) is 58.3 Å². The zero-order valence-corrected chi connectivity index (χ0v) is 15.7. The zero-order valence-electron chi connectivity index (χ0n) is 14.9. The van der Waals surface area contributed by atoms with Gasteiger partial charge in [0.05, 0.1) is 12.6 Å². The molecule has 3 atom stereocenters. The summed E-state index contributed by atoms with van der Waals surface area (Å²) in [5, 5.41) is 0.189. The van der Waals surface area contributed by atoms with Crippen molar-refractivity contribution in [3.05, 3.63) is 11.1 Å². The summed E-state index contributed by atoms with van der Waals surface area (Å²) in [7, 11) is 2.14. The van der Waals surface area contributed by atoms with Crippen LogP contribution < -0.4 is 4.74 Å². The number of rotatable bonds is 4. The predicted molar refractivity (Wildman–Crippen MR) is 95.3 cm³/mol. The van der Waals surface area contributed by atoms with Crippen molar-refractivity contribution in [3.63, 3.8) is 0 Å². The lowest BCUT2D eigenvalue weighted by Gasteiger charge is -2.26. The molecular weight excluding hydrogens is 342 g/mol. The maximum absolute atomic E-state index is 6.21. The normalized spacial score (nSPS) is 25.8. The van der Waals surface area contributed by atoms with E-state index in [4.69, 9.17) is 21.1 Å². The fourth-order valence-electron chi connectivity index (χ4n) is 4.06. The van der Waals surface area contributed by atoms with Gasteiger partial charge < -0.3 is 14.0 Å². The molecule has 0 bridgehead atoms. The van der Waals surface area contributed by atoms with Gasteiger partial charge in [-0.3, -0.25) is 4.90 Å². The minimum absolute atomic E-state index is 0.0157. The van der Waals surface area contributed by atoms with Crippen LogP contribution in [0.4, 0.5) is 0 Å². The van der Waals surface area contributed by atoms with Crippen LogP contribution >= 0.6 is 11.6 Å². The molecule has 0 radical (unpaired) electrons. The van der Waals surface area contributed by atoms with E-state index in [0.717, 1.165) is 37.5 Å². The van der Waals surface area contributed by atoms with E-state index in [1.165, 1.54) is 6.42 Å². The molecule has 0 saturated carbocycles. The fraction of sp³-hybridized carbons (Fsp3) is 0.706. The molecule has 0 amide bonds. The molecule has 2 aromatic rings. The van der Waals surface area contributed by atoms with Crippen LogP contribution in [-0.4, -0.2) is 63.4 Å². The molecule has 0 N–H and O–H groups in total. The molecular formula is C17H24ClN5O2. The molecule has 2 aliphatic rings. The van der Waals surface area contributed by atoms with Gasteiger partial charge in [0.15, 0.2) is 11.2 Å². The SMILES string of the molecule is Cc1nc2c(O[C@@H](C)[C@@H]3CCCN3C)nc(Cl)nc2n1[C@@H]1CCOC1. The summed E-state index contributed by atoms with van der Waals surface area (Å²) in [5.74, 6) is 1.36. The summed E-state index contributed by atoms with van der Waals surface area (Å²) < 4.78 is 13.8. The van der Waals surface area contributed by atoms with Crippen LogP contribution in [0.25, 0.3) is 11.2 Å². The third kappa shape index (κ3) is 3.09. The number of hydrogen-bond acceptors (Lipinski definition) is 6. The third-order valence-corrected chi connectivity index (χ3v) is 5.51. The van der Waals surface area contributed by atoms with Gasteiger partial charge in [0.25, 0.3) is 0 Å². The second kappa shape index (κ2) is 6.70. The Kier molecular flexibility index (Phi) is 4.56. The summed E-state index contributed by atoms with van der Waals surface area (Å²) >= 11 is 6.20. The molecule has 7 nitrogen and oxygen atoms in total. The molecule has 2 fully saturated rings. The van der Waals surface area contributed by atoms with Crippen LogP contribution in [0.3, 0.4) is 0 Å². The Morgan fingerprint density at radius 1 is 1.28 bits per heavy atom. The maximum atomic E-state index is 6.21. The highest BCUT2D eigenvalue weighted by atomic mass is 35.5. The monoisotopic (exact) mass is 365 g/mol. The standard InChI is InChI=1S/C17H24ClN5O2/c1-10(13-5-4-7-22(13)3)25-16-14-15(20-17(18)21-16)23(11(2)19-14)12-6-8-24-9-12/h10,12-13H,4-9H2,1-3H3/t10-,12+,13-/m0/s1. The van der Waals surface area contributed by atoms with E-state index < -0.39 is 0 Å². The Labute approximate surface area is 152 Å². The number of ether oxygens (including phenoxy) is 2. The van der Waals surface area contributed by atoms with E-state index in [9.17, 15) is 0 Å². The molecule has 0 aromatic carbocycles. The van der Waals surface area contributed by atoms with Crippen molar-refractivity contribution in [2.45, 2.75) is 51.3 Å². The van der Waals surface area contributed by atoms with Crippen molar-refractivity contribution in [2.24, 2.45) is 0 Å². The first kappa shape index (κ1) is 17.0. The van der Waals surface area contributed by atoms with Gasteiger partial charge in [0.1, 0.15) is 11.9 Å². The van der Waals surface area contributed by atoms with Gasteiger partial charge in [0.2, 0.25) is 11.2 Å². The smallest absolute Gasteiger partial charge is 0.247 e. The number of hydrogen-bond donors (Lipinski definition) is 0. The van der Waals surface area contributed by atoms with E-state index in [1.807, 2.05) is 6.92 Å². The van der Waals surface area contributed by atoms with Crippen molar-refractivity contribution in [1.82, 2.24) is 24.4 Å². The van der Waals surface area contributed by atoms with E-state index in [2.05, 4.69) is 38.4 Å². The number of aryl methyl sites for hydroxylation is 1. The molecule has 0 aliphatic carbocycles. The first-order chi connectivity index (χ1) is 12.0. The van der Waals surface area contributed by atoms with E-state index >= 15 is 0 Å². The molecule has 0 spiro atoms. The summed E-state index contributed by atoms with van der Waals surface area (Å²) in [6.45, 7) is 6.60. The summed E-state index contributed by atoms with van der Waals surface area (Å²) in [5.41, 5.74) is 1.41. The quantitative estimate of drug-likeness (QED) is 0.776. The highest BCUT2D eigenvalue weighted by molar-refractivity contribution is 6.28. The molecule has 2 aromatic heterocycles. The summed E-state index contributed by atoms with van der Waals surface area (Å²) in [6.07, 6.45) is 3.30. The van der Waals surface area contributed by atoms with Gasteiger partial charge in [-0.2, -0.15) is 9.97 Å². The Bertz CT molecular complexity index is 774. The molecule has 2 aliphatic heterocycles. The lowest BCUT2D eigenvalue weighted by Crippen LogP contribution is -2.38. The first-order valence-corrected chi connectivity index (χ1v) is 9.29. The predicted octanol–water partition coefficient (Wildman–Crippen LogP) is 2.61. The highest BCUT2D eigenvalue weighted by Crippen LogP contribution is 2.31. The molecule has 4 heterocycles. The molecule has 0 unspecified atom stereocenters. The minimum Gasteiger partial charge on any atom is -0.471 e. The summed E-state index contributed by atoms with van der Waals surface area (Å²) in [4.78, 5) is 15.8. The van der Waals surface area contributed by atoms with Gasteiger partial charge in [-0.15, -0.1) is 0 Å². The van der Waals surface area contributed by atoms with Crippen LogP contribution in [0.1, 0.15) is 38.1 Å². The number of fused-ring (bicyclic) bond motifs is 1. The molecule has 4 rings (SSSR count). The fourth-order valence-corrected chi connectivity index (χ4v) is 4.22. The average Bonchev–Trinajstić information content (AvgIpc) is 3.27. The van der Waals surface area contributed by atoms with E-state index in [0.29, 0.717) is 24.0 Å². The number of nitrogens with zero attached hydrogens (tertiary/aromatic N) is 5. The lowest BCUT2D eigenvalue weighted by atomic mass is 10.1. The Balaban J connectivity index is 1.70. The van der Waals surface area contributed by atoms with Gasteiger partial charge in [-0.25, -0.2) is 4.98 Å². The average molecular weight is 366 g/mol. The molecule has 136 valence electrons. The third-order valence-electron chi connectivity index (χ3n) is 5.34. The zero-order chi connectivity index (χ0) is 17.6. The van der Waals surface area contributed by atoms with Gasteiger partial charge in [-0.1, -0.05) is 0 Å². The number of imidazole rings is 1. The first-order valence-electron chi connectivity index (χ1n) is 8.91. The molecule has 8 heteroatoms. The van der Waals surface area contributed by atoms with Crippen LogP contribution in [0.15, 0.2) is 0 Å². The van der Waals surface area contributed by atoms with Crippen molar-refractivity contribution in [3.8, 4) is 5.88 Å². The second-order valence-electron chi connectivity index (χ2n) is 7.03. The van der Waals surface area contributed by atoms with E-state index in [1.54, 1.807) is 0 Å². The minimum atomic E-state index is 0.0157. The number of likely N-dealkylation sites (N-methyl/N-ethyl adjacent to an activating group) is 1. The van der Waals surface area contributed by atoms with Crippen LogP contribution in [-0.2, 0) is 4.74 Å². The molecule has 2 saturated heterocycles. The van der Waals surface area contributed by atoms with Crippen molar-refractivity contribution < 1.29 is 9.47 Å². The number of halogens is 1.